The van der Waals surface area contributed by atoms with Crippen LogP contribution in [0.2, 0.25) is 0 Å². The Morgan fingerprint density at radius 2 is 2.26 bits per heavy atom. The summed E-state index contributed by atoms with van der Waals surface area (Å²) in [6, 6.07) is 0.576. The smallest absolute Gasteiger partial charge is 0.0950 e. The molecule has 0 amide bonds. The van der Waals surface area contributed by atoms with Gasteiger partial charge in [-0.3, -0.25) is 0 Å². The highest BCUT2D eigenvalue weighted by Crippen LogP contribution is 2.32. The fourth-order valence-electron chi connectivity index (χ4n) is 3.16. The Balaban J connectivity index is 1.98. The molecule has 0 aromatic carbocycles. The van der Waals surface area contributed by atoms with E-state index in [1.54, 1.807) is 0 Å². The van der Waals surface area contributed by atoms with E-state index in [1.807, 2.05) is 6.33 Å². The van der Waals surface area contributed by atoms with Gasteiger partial charge >= 0.3 is 0 Å². The molecule has 1 aromatic heterocycles. The number of unbranched alkanes of at least 4 members (excludes halogenated alkanes) is 3. The minimum absolute atomic E-state index is 0.272. The molecule has 1 aliphatic heterocycles. The van der Waals surface area contributed by atoms with Gasteiger partial charge < -0.3 is 9.88 Å². The molecule has 0 spiro atoms. The predicted molar refractivity (Wildman–Crippen MR) is 80.5 cm³/mol. The summed E-state index contributed by atoms with van der Waals surface area (Å²) < 4.78 is 2.42. The molecule has 3 nitrogen and oxygen atoms in total. The van der Waals surface area contributed by atoms with E-state index >= 15 is 0 Å². The van der Waals surface area contributed by atoms with E-state index in [0.29, 0.717) is 6.04 Å². The van der Waals surface area contributed by atoms with Gasteiger partial charge in [-0.1, -0.05) is 39.5 Å². The van der Waals surface area contributed by atoms with E-state index in [2.05, 4.69) is 41.8 Å². The number of imidazole rings is 1. The van der Waals surface area contributed by atoms with Crippen LogP contribution < -0.4 is 5.32 Å². The lowest BCUT2D eigenvalue weighted by Gasteiger charge is -2.27. The summed E-state index contributed by atoms with van der Waals surface area (Å²) in [6.45, 7) is 9.19. The summed E-state index contributed by atoms with van der Waals surface area (Å²) in [4.78, 5) is 4.41. The second kappa shape index (κ2) is 6.56. The average Bonchev–Trinajstić information content (AvgIpc) is 3.03. The van der Waals surface area contributed by atoms with Crippen LogP contribution in [0.15, 0.2) is 12.5 Å². The Bertz CT molecular complexity index is 377. The fraction of sp³-hybridized carbons (Fsp3) is 0.812. The standard InChI is InChI=1S/C16H29N3/c1-4-5-6-7-8-14(2)19-13-18-11-15(19)16(3)9-10-17-12-16/h11,13-14,17H,4-10,12H2,1-3H3. The van der Waals surface area contributed by atoms with Gasteiger partial charge in [-0.05, 0) is 26.3 Å². The maximum absolute atomic E-state index is 4.41. The molecule has 1 aromatic rings. The second-order valence-electron chi connectivity index (χ2n) is 6.37. The summed E-state index contributed by atoms with van der Waals surface area (Å²) in [5, 5.41) is 3.49. The maximum Gasteiger partial charge on any atom is 0.0950 e. The average molecular weight is 263 g/mol. The van der Waals surface area contributed by atoms with Crippen LogP contribution in [0.1, 0.15) is 71.0 Å². The van der Waals surface area contributed by atoms with Gasteiger partial charge in [-0.2, -0.15) is 0 Å². The third-order valence-electron chi connectivity index (χ3n) is 4.60. The SMILES string of the molecule is CCCCCCC(C)n1cncc1C1(C)CCNC1. The lowest BCUT2D eigenvalue weighted by Crippen LogP contribution is -2.28. The van der Waals surface area contributed by atoms with Crippen molar-refractivity contribution in [3.8, 4) is 0 Å². The van der Waals surface area contributed by atoms with Crippen LogP contribution in [0.3, 0.4) is 0 Å². The van der Waals surface area contributed by atoms with Crippen molar-refractivity contribution in [2.45, 2.75) is 70.8 Å². The highest BCUT2D eigenvalue weighted by molar-refractivity contribution is 5.18. The van der Waals surface area contributed by atoms with E-state index in [1.165, 1.54) is 44.2 Å². The van der Waals surface area contributed by atoms with E-state index in [4.69, 9.17) is 0 Å². The first-order valence-corrected chi connectivity index (χ1v) is 7.90. The van der Waals surface area contributed by atoms with Crippen LogP contribution in [-0.4, -0.2) is 22.6 Å². The fourth-order valence-corrected chi connectivity index (χ4v) is 3.16. The topological polar surface area (TPSA) is 29.9 Å². The first-order valence-electron chi connectivity index (χ1n) is 7.90. The summed E-state index contributed by atoms with van der Waals surface area (Å²) in [5.41, 5.74) is 1.69. The molecule has 2 unspecified atom stereocenters. The molecule has 1 N–H and O–H groups in total. The summed E-state index contributed by atoms with van der Waals surface area (Å²) >= 11 is 0. The van der Waals surface area contributed by atoms with Gasteiger partial charge in [0, 0.05) is 29.9 Å². The van der Waals surface area contributed by atoms with Crippen LogP contribution in [0.5, 0.6) is 0 Å². The Kier molecular flexibility index (Phi) is 5.03. The largest absolute Gasteiger partial charge is 0.331 e. The molecule has 1 aliphatic rings. The van der Waals surface area contributed by atoms with E-state index in [0.717, 1.165) is 13.1 Å². The number of nitrogens with one attached hydrogen (secondary N) is 1. The van der Waals surface area contributed by atoms with Crippen molar-refractivity contribution in [3.63, 3.8) is 0 Å². The number of rotatable bonds is 7. The summed E-state index contributed by atoms with van der Waals surface area (Å²) in [7, 11) is 0. The number of hydrogen-bond acceptors (Lipinski definition) is 2. The van der Waals surface area contributed by atoms with Crippen molar-refractivity contribution in [3.05, 3.63) is 18.2 Å². The van der Waals surface area contributed by atoms with Gasteiger partial charge in [-0.15, -0.1) is 0 Å². The van der Waals surface area contributed by atoms with Crippen molar-refractivity contribution < 1.29 is 0 Å². The second-order valence-corrected chi connectivity index (χ2v) is 6.37. The summed E-state index contributed by atoms with van der Waals surface area (Å²) in [5.74, 6) is 0. The van der Waals surface area contributed by atoms with E-state index < -0.39 is 0 Å². The van der Waals surface area contributed by atoms with Gasteiger partial charge in [0.2, 0.25) is 0 Å². The lowest BCUT2D eigenvalue weighted by molar-refractivity contribution is 0.411. The molecule has 2 rings (SSSR count). The molecule has 108 valence electrons. The van der Waals surface area contributed by atoms with Crippen molar-refractivity contribution in [1.82, 2.24) is 14.9 Å². The maximum atomic E-state index is 4.41. The quantitative estimate of drug-likeness (QED) is 0.761. The zero-order valence-electron chi connectivity index (χ0n) is 12.8. The molecule has 2 heterocycles. The third kappa shape index (κ3) is 3.38. The zero-order chi connectivity index (χ0) is 13.7. The molecule has 0 aliphatic carbocycles. The highest BCUT2D eigenvalue weighted by atomic mass is 15.1. The molecule has 1 saturated heterocycles. The molecular formula is C16H29N3. The Morgan fingerprint density at radius 3 is 2.95 bits per heavy atom. The van der Waals surface area contributed by atoms with Gasteiger partial charge in [0.15, 0.2) is 0 Å². The number of nitrogens with zero attached hydrogens (tertiary/aromatic N) is 2. The van der Waals surface area contributed by atoms with Crippen LogP contribution >= 0.6 is 0 Å². The Hall–Kier alpha value is -0.830. The molecule has 1 fully saturated rings. The Morgan fingerprint density at radius 1 is 1.42 bits per heavy atom. The molecule has 2 atom stereocenters. The van der Waals surface area contributed by atoms with E-state index in [-0.39, 0.29) is 5.41 Å². The number of hydrogen-bond donors (Lipinski definition) is 1. The van der Waals surface area contributed by atoms with Crippen molar-refractivity contribution >= 4 is 0 Å². The number of aromatic nitrogens is 2. The first kappa shape index (κ1) is 14.6. The van der Waals surface area contributed by atoms with Crippen LogP contribution in [-0.2, 0) is 5.41 Å². The predicted octanol–water partition coefficient (Wildman–Crippen LogP) is 3.67. The normalized spacial score (nSPS) is 24.8. The van der Waals surface area contributed by atoms with Crippen LogP contribution in [0.25, 0.3) is 0 Å². The first-order chi connectivity index (χ1) is 9.17. The third-order valence-corrected chi connectivity index (χ3v) is 4.60. The highest BCUT2D eigenvalue weighted by Gasteiger charge is 2.33. The van der Waals surface area contributed by atoms with Crippen LogP contribution in [0.4, 0.5) is 0 Å². The lowest BCUT2D eigenvalue weighted by atomic mass is 9.86. The molecule has 3 heteroatoms. The minimum atomic E-state index is 0.272. The van der Waals surface area contributed by atoms with Gasteiger partial charge in [0.05, 0.1) is 6.33 Å². The monoisotopic (exact) mass is 263 g/mol. The van der Waals surface area contributed by atoms with E-state index in [9.17, 15) is 0 Å². The summed E-state index contributed by atoms with van der Waals surface area (Å²) in [6.07, 6.45) is 12.0. The van der Waals surface area contributed by atoms with Gasteiger partial charge in [0.1, 0.15) is 0 Å². The van der Waals surface area contributed by atoms with Gasteiger partial charge in [0.25, 0.3) is 0 Å². The molecule has 19 heavy (non-hydrogen) atoms. The Labute approximate surface area is 117 Å². The molecular weight excluding hydrogens is 234 g/mol. The van der Waals surface area contributed by atoms with Gasteiger partial charge in [-0.25, -0.2) is 4.98 Å². The molecule has 0 radical (unpaired) electrons. The minimum Gasteiger partial charge on any atom is -0.331 e. The zero-order valence-corrected chi connectivity index (χ0v) is 12.8. The van der Waals surface area contributed by atoms with Crippen molar-refractivity contribution in [2.24, 2.45) is 0 Å². The van der Waals surface area contributed by atoms with Crippen LogP contribution in [0, 0.1) is 0 Å². The van der Waals surface area contributed by atoms with Crippen molar-refractivity contribution in [1.29, 1.82) is 0 Å². The molecule has 0 bridgehead atoms. The van der Waals surface area contributed by atoms with Crippen molar-refractivity contribution in [2.75, 3.05) is 13.1 Å². The molecule has 0 saturated carbocycles.